The summed E-state index contributed by atoms with van der Waals surface area (Å²) >= 11 is 0. The van der Waals surface area contributed by atoms with Gasteiger partial charge in [0, 0.05) is 7.11 Å². The van der Waals surface area contributed by atoms with Gasteiger partial charge in [-0.05, 0) is 159 Å². The van der Waals surface area contributed by atoms with Gasteiger partial charge in [0.1, 0.15) is 0 Å². The van der Waals surface area contributed by atoms with Crippen LogP contribution in [-0.2, 0) is 29.1 Å². The molecule has 7 nitrogen and oxygen atoms in total. The van der Waals surface area contributed by atoms with Gasteiger partial charge in [-0.2, -0.15) is 0 Å². The minimum absolute atomic E-state index is 0.924. The van der Waals surface area contributed by atoms with Crippen LogP contribution in [0.25, 0.3) is 0 Å². The van der Waals surface area contributed by atoms with E-state index in [1.807, 2.05) is 7.11 Å². The van der Waals surface area contributed by atoms with Gasteiger partial charge in [-0.25, -0.2) is 0 Å². The zero-order chi connectivity index (χ0) is 53.9. The Morgan fingerprint density at radius 1 is 0.270 bits per heavy atom. The Balaban J connectivity index is 1.33. The fourth-order valence-electron chi connectivity index (χ4n) is 9.68. The van der Waals surface area contributed by atoms with E-state index in [4.69, 9.17) is 29.1 Å². The fraction of sp³-hybridized carbons (Fsp3) is 0.368. The van der Waals surface area contributed by atoms with Crippen LogP contribution in [0.3, 0.4) is 0 Å². The predicted octanol–water partition coefficient (Wildman–Crippen LogP) is 11.7. The summed E-state index contributed by atoms with van der Waals surface area (Å²) in [5.41, 5.74) is 0. The number of hydrogen-bond acceptors (Lipinski definition) is 7. The molecule has 74 heavy (non-hydrogen) atoms. The first-order valence-electron chi connectivity index (χ1n) is 26.8. The van der Waals surface area contributed by atoms with Gasteiger partial charge in [-0.3, -0.25) is 0 Å². The average molecular weight is 1170 g/mol. The summed E-state index contributed by atoms with van der Waals surface area (Å²) in [5.74, 6) is 0. The molecule has 0 fully saturated rings. The molecular weight excluding hydrogens is 1080 g/mol. The molecule has 0 saturated heterocycles. The Labute approximate surface area is 458 Å². The number of benzene rings is 6. The van der Waals surface area contributed by atoms with Gasteiger partial charge in [0.25, 0.3) is 0 Å². The van der Waals surface area contributed by atoms with Gasteiger partial charge >= 0.3 is 25.7 Å². The van der Waals surface area contributed by atoms with E-state index >= 15 is 0 Å². The van der Waals surface area contributed by atoms with Crippen LogP contribution in [0.2, 0.25) is 128 Å². The summed E-state index contributed by atoms with van der Waals surface area (Å²) in [6.45, 7) is 33.2. The molecule has 0 aromatic heterocycles. The second kappa shape index (κ2) is 25.3. The molecule has 0 N–H and O–H groups in total. The lowest BCUT2D eigenvalue weighted by Gasteiger charge is -2.45. The van der Waals surface area contributed by atoms with Crippen LogP contribution in [-0.4, -0.2) is 91.7 Å². The summed E-state index contributed by atoms with van der Waals surface area (Å²) in [5, 5.41) is 7.00. The lowest BCUT2D eigenvalue weighted by atomic mass is 10.4. The molecule has 6 rings (SSSR count). The lowest BCUT2D eigenvalue weighted by molar-refractivity contribution is 0.395. The molecule has 17 heteroatoms. The second-order valence-electron chi connectivity index (χ2n) is 24.0. The summed E-state index contributed by atoms with van der Waals surface area (Å²) in [6.07, 6.45) is 0. The Hall–Kier alpha value is -2.79. The van der Waals surface area contributed by atoms with Crippen molar-refractivity contribution in [2.24, 2.45) is 0 Å². The van der Waals surface area contributed by atoms with Gasteiger partial charge in [-0.1, -0.05) is 182 Å². The van der Waals surface area contributed by atoms with Crippen LogP contribution >= 0.6 is 0 Å². The number of rotatable bonds is 28. The first-order valence-corrected chi connectivity index (χ1v) is 53.8. The third kappa shape index (κ3) is 16.4. The summed E-state index contributed by atoms with van der Waals surface area (Å²) in [7, 11) is -23.4. The highest BCUT2D eigenvalue weighted by molar-refractivity contribution is 7.05. The van der Waals surface area contributed by atoms with E-state index in [0.29, 0.717) is 0 Å². The molecule has 0 radical (unpaired) electrons. The van der Waals surface area contributed by atoms with Crippen LogP contribution in [0.5, 0.6) is 0 Å². The first-order chi connectivity index (χ1) is 34.8. The van der Waals surface area contributed by atoms with Crippen molar-refractivity contribution in [1.29, 1.82) is 0 Å². The Kier molecular flexibility index (Phi) is 20.7. The highest BCUT2D eigenvalue weighted by Crippen LogP contribution is 2.34. The van der Waals surface area contributed by atoms with Gasteiger partial charge in [0.05, 0.1) is 0 Å². The molecular formula is C57H88O7Si10. The summed E-state index contributed by atoms with van der Waals surface area (Å²) in [4.78, 5) is 0. The zero-order valence-corrected chi connectivity index (χ0v) is 57.7. The van der Waals surface area contributed by atoms with E-state index in [1.165, 1.54) is 20.7 Å². The largest absolute Gasteiger partial charge is 0.433 e. The van der Waals surface area contributed by atoms with E-state index in [2.05, 4.69) is 274 Å². The quantitative estimate of drug-likeness (QED) is 0.0454. The third-order valence-electron chi connectivity index (χ3n) is 14.0. The highest BCUT2D eigenvalue weighted by atomic mass is 28.5. The van der Waals surface area contributed by atoms with Crippen LogP contribution < -0.4 is 31.1 Å². The van der Waals surface area contributed by atoms with Crippen LogP contribution in [0.4, 0.5) is 0 Å². The van der Waals surface area contributed by atoms with Crippen molar-refractivity contribution in [1.82, 2.24) is 0 Å². The minimum atomic E-state index is -3.35. The number of hydrogen-bond donors (Lipinski definition) is 0. The molecule has 0 atom stereocenters. The van der Waals surface area contributed by atoms with Gasteiger partial charge in [0.15, 0.2) is 58.9 Å². The predicted molar refractivity (Wildman–Crippen MR) is 340 cm³/mol. The summed E-state index contributed by atoms with van der Waals surface area (Å²) in [6, 6.07) is 70.9. The molecule has 0 bridgehead atoms. The Morgan fingerprint density at radius 3 is 0.635 bits per heavy atom. The van der Waals surface area contributed by atoms with E-state index in [-0.39, 0.29) is 0 Å². The molecule has 6 aromatic rings. The van der Waals surface area contributed by atoms with Crippen molar-refractivity contribution in [3.05, 3.63) is 182 Å². The SMILES string of the molecule is CO[Si](C)(C)CC[Si](C)(C)O[Si](O[Si](C)(C)CC[Si](C)(C)O[Si](O[Si](C)(C)CC[Si](C)(C)O[Si](O[SiH](C)C)(c1ccccc1)c1ccccc1)(c1ccccc1)c1ccccc1)(c1ccccc1)c1ccccc1. The first kappa shape index (κ1) is 60.4. The molecule has 0 saturated carbocycles. The van der Waals surface area contributed by atoms with Crippen molar-refractivity contribution >= 4 is 116 Å². The second-order valence-corrected chi connectivity index (χ2v) is 62.8. The van der Waals surface area contributed by atoms with Crippen molar-refractivity contribution < 1.29 is 29.1 Å². The van der Waals surface area contributed by atoms with Crippen LogP contribution in [0.15, 0.2) is 182 Å². The van der Waals surface area contributed by atoms with Crippen LogP contribution in [0.1, 0.15) is 0 Å². The maximum Gasteiger partial charge on any atom is 0.386 e. The van der Waals surface area contributed by atoms with Crippen molar-refractivity contribution in [2.45, 2.75) is 128 Å². The average Bonchev–Trinajstić information content (AvgIpc) is 3.37. The third-order valence-corrected chi connectivity index (χ3v) is 51.9. The van der Waals surface area contributed by atoms with Crippen molar-refractivity contribution in [2.75, 3.05) is 7.11 Å². The smallest absolute Gasteiger partial charge is 0.386 e. The lowest BCUT2D eigenvalue weighted by Crippen LogP contribution is -2.71. The highest BCUT2D eigenvalue weighted by Gasteiger charge is 2.54. The fourth-order valence-corrected chi connectivity index (χ4v) is 56.9. The molecule has 0 unspecified atom stereocenters. The summed E-state index contributed by atoms with van der Waals surface area (Å²) < 4.78 is 52.9. The maximum atomic E-state index is 8.06. The molecule has 0 heterocycles. The molecule has 6 aromatic carbocycles. The Morgan fingerprint density at radius 2 is 0.446 bits per heavy atom. The molecule has 0 amide bonds. The van der Waals surface area contributed by atoms with Crippen LogP contribution in [0, 0.1) is 0 Å². The van der Waals surface area contributed by atoms with E-state index in [1.54, 1.807) is 0 Å². The van der Waals surface area contributed by atoms with E-state index in [9.17, 15) is 0 Å². The normalized spacial score (nSPS) is 13.6. The molecule has 0 aliphatic carbocycles. The molecule has 0 spiro atoms. The molecule has 398 valence electrons. The van der Waals surface area contributed by atoms with E-state index < -0.39 is 84.6 Å². The zero-order valence-electron chi connectivity index (χ0n) is 47.5. The van der Waals surface area contributed by atoms with Gasteiger partial charge in [-0.15, -0.1) is 0 Å². The maximum absolute atomic E-state index is 8.06. The van der Waals surface area contributed by atoms with Gasteiger partial charge < -0.3 is 29.1 Å². The Bertz CT molecular complexity index is 2490. The topological polar surface area (TPSA) is 64.6 Å². The standard InChI is InChI=1S/C57H88O7Si10/c1-58-66(4,5)46-47-68(8,9)61-73(54-38-26-18-27-39-54,55-40-28-19-29-41-55)63-70(12,13)50-51-71(14,15)64-74(56-42-30-20-31-43-56,57-44-32-21-33-45-57)62-69(10,11)49-48-67(6,7)60-72(59-65(2)3,52-34-22-16-23-35-52)53-36-24-17-25-37-53/h16-45,65H,46-51H2,1-15H3. The van der Waals surface area contributed by atoms with Gasteiger partial charge in [0.2, 0.25) is 0 Å². The minimum Gasteiger partial charge on any atom is -0.433 e. The van der Waals surface area contributed by atoms with Crippen molar-refractivity contribution in [3.8, 4) is 0 Å². The van der Waals surface area contributed by atoms with E-state index in [0.717, 1.165) is 46.6 Å². The molecule has 0 aliphatic rings. The molecule has 0 aliphatic heterocycles. The van der Waals surface area contributed by atoms with Crippen molar-refractivity contribution in [3.63, 3.8) is 0 Å². The monoisotopic (exact) mass is 1160 g/mol.